The van der Waals surface area contributed by atoms with Gasteiger partial charge < -0.3 is 15.0 Å². The number of nitrogens with one attached hydrogen (secondary N) is 1. The summed E-state index contributed by atoms with van der Waals surface area (Å²) in [5.74, 6) is 0.0818. The Bertz CT molecular complexity index is 789. The summed E-state index contributed by atoms with van der Waals surface area (Å²) in [5.41, 5.74) is 3.76. The first-order chi connectivity index (χ1) is 13.7. The molecule has 2 aliphatic heterocycles. The Morgan fingerprint density at radius 2 is 1.75 bits per heavy atom. The molecule has 0 radical (unpaired) electrons. The molecule has 2 aromatic carbocycles. The second-order valence-corrected chi connectivity index (χ2v) is 7.66. The number of morpholine rings is 1. The lowest BCUT2D eigenvalue weighted by Gasteiger charge is -2.38. The lowest BCUT2D eigenvalue weighted by molar-refractivity contribution is -0.121. The molecule has 2 atom stereocenters. The second kappa shape index (κ2) is 8.76. The summed E-state index contributed by atoms with van der Waals surface area (Å²) in [5, 5.41) is 3.27. The van der Waals surface area contributed by atoms with Crippen molar-refractivity contribution in [1.82, 2.24) is 10.2 Å². The molecule has 0 aromatic heterocycles. The van der Waals surface area contributed by atoms with Crippen molar-refractivity contribution in [2.75, 3.05) is 44.3 Å². The Hall–Kier alpha value is -2.37. The molecule has 2 heterocycles. The second-order valence-electron chi connectivity index (χ2n) is 7.66. The van der Waals surface area contributed by atoms with Crippen LogP contribution in [-0.2, 0) is 16.0 Å². The lowest BCUT2D eigenvalue weighted by atomic mass is 9.98. The van der Waals surface area contributed by atoms with Gasteiger partial charge in [-0.05, 0) is 30.5 Å². The van der Waals surface area contributed by atoms with Crippen LogP contribution < -0.4 is 10.2 Å². The van der Waals surface area contributed by atoms with Crippen molar-refractivity contribution in [3.8, 4) is 0 Å². The van der Waals surface area contributed by atoms with Crippen molar-refractivity contribution in [3.05, 3.63) is 65.7 Å². The molecule has 2 aromatic rings. The van der Waals surface area contributed by atoms with Crippen LogP contribution in [0.15, 0.2) is 54.6 Å². The third kappa shape index (κ3) is 4.21. The van der Waals surface area contributed by atoms with E-state index in [2.05, 4.69) is 64.5 Å². The molecule has 1 N–H and O–H groups in total. The van der Waals surface area contributed by atoms with Crippen LogP contribution in [-0.4, -0.2) is 56.2 Å². The first-order valence-corrected chi connectivity index (χ1v) is 10.2. The van der Waals surface area contributed by atoms with E-state index in [1.165, 1.54) is 16.8 Å². The predicted molar refractivity (Wildman–Crippen MR) is 112 cm³/mol. The van der Waals surface area contributed by atoms with Gasteiger partial charge in [0.25, 0.3) is 0 Å². The molecule has 2 aliphatic rings. The molecule has 5 nitrogen and oxygen atoms in total. The molecule has 1 fully saturated rings. The van der Waals surface area contributed by atoms with Gasteiger partial charge in [-0.3, -0.25) is 9.69 Å². The van der Waals surface area contributed by atoms with Crippen LogP contribution in [0.2, 0.25) is 0 Å². The van der Waals surface area contributed by atoms with Gasteiger partial charge in [0.2, 0.25) is 5.91 Å². The minimum absolute atomic E-state index is 0.0193. The minimum atomic E-state index is 0.0193. The van der Waals surface area contributed by atoms with E-state index in [0.29, 0.717) is 6.54 Å². The molecular formula is C23H29N3O2. The molecule has 4 rings (SSSR count). The van der Waals surface area contributed by atoms with Gasteiger partial charge in [-0.25, -0.2) is 0 Å². The molecule has 0 bridgehead atoms. The molecule has 1 amide bonds. The molecule has 28 heavy (non-hydrogen) atoms. The van der Waals surface area contributed by atoms with Gasteiger partial charge in [-0.2, -0.15) is 0 Å². The van der Waals surface area contributed by atoms with Crippen LogP contribution in [0.4, 0.5) is 5.69 Å². The SMILES string of the molecule is C[C@@H](NC(=O)CN1CCc2ccccc21)[C@H](c1ccccc1)N1CCOCC1. The van der Waals surface area contributed by atoms with E-state index >= 15 is 0 Å². The molecule has 0 saturated carbocycles. The number of hydrogen-bond donors (Lipinski definition) is 1. The molecule has 0 unspecified atom stereocenters. The van der Waals surface area contributed by atoms with E-state index in [0.717, 1.165) is 39.3 Å². The normalized spacial score (nSPS) is 19.1. The Balaban J connectivity index is 1.44. The number of anilines is 1. The van der Waals surface area contributed by atoms with Gasteiger partial charge in [0.05, 0.1) is 25.8 Å². The van der Waals surface area contributed by atoms with Gasteiger partial charge in [0, 0.05) is 31.4 Å². The summed E-state index contributed by atoms with van der Waals surface area (Å²) in [7, 11) is 0. The Labute approximate surface area is 167 Å². The minimum Gasteiger partial charge on any atom is -0.379 e. The summed E-state index contributed by atoms with van der Waals surface area (Å²) in [6.45, 7) is 6.70. The number of amides is 1. The summed E-state index contributed by atoms with van der Waals surface area (Å²) in [4.78, 5) is 17.5. The Morgan fingerprint density at radius 3 is 2.54 bits per heavy atom. The average Bonchev–Trinajstić information content (AvgIpc) is 3.12. The van der Waals surface area contributed by atoms with Crippen LogP contribution in [0, 0.1) is 0 Å². The molecule has 0 spiro atoms. The molecule has 148 valence electrons. The number of rotatable bonds is 6. The number of ether oxygens (including phenoxy) is 1. The van der Waals surface area contributed by atoms with Gasteiger partial charge in [-0.15, -0.1) is 0 Å². The number of carbonyl (C=O) groups excluding carboxylic acids is 1. The van der Waals surface area contributed by atoms with Gasteiger partial charge in [-0.1, -0.05) is 48.5 Å². The average molecular weight is 380 g/mol. The van der Waals surface area contributed by atoms with E-state index in [-0.39, 0.29) is 18.0 Å². The maximum atomic E-state index is 12.8. The van der Waals surface area contributed by atoms with Crippen LogP contribution in [0.1, 0.15) is 24.1 Å². The van der Waals surface area contributed by atoms with E-state index < -0.39 is 0 Å². The van der Waals surface area contributed by atoms with E-state index in [1.54, 1.807) is 0 Å². The molecule has 5 heteroatoms. The monoisotopic (exact) mass is 379 g/mol. The van der Waals surface area contributed by atoms with Crippen LogP contribution in [0.3, 0.4) is 0 Å². The van der Waals surface area contributed by atoms with E-state index in [1.807, 2.05) is 12.1 Å². The third-order valence-electron chi connectivity index (χ3n) is 5.76. The highest BCUT2D eigenvalue weighted by Gasteiger charge is 2.29. The first-order valence-electron chi connectivity index (χ1n) is 10.2. The maximum Gasteiger partial charge on any atom is 0.239 e. The first kappa shape index (κ1) is 19.0. The number of fused-ring (bicyclic) bond motifs is 1. The summed E-state index contributed by atoms with van der Waals surface area (Å²) >= 11 is 0. The molecule has 0 aliphatic carbocycles. The fraction of sp³-hybridized carbons (Fsp3) is 0.435. The highest BCUT2D eigenvalue weighted by atomic mass is 16.5. The smallest absolute Gasteiger partial charge is 0.239 e. The maximum absolute atomic E-state index is 12.8. The van der Waals surface area contributed by atoms with Gasteiger partial charge in [0.15, 0.2) is 0 Å². The topological polar surface area (TPSA) is 44.8 Å². The fourth-order valence-electron chi connectivity index (χ4n) is 4.44. The number of benzene rings is 2. The zero-order chi connectivity index (χ0) is 19.3. The standard InChI is InChI=1S/C23H29N3O2/c1-18(23(20-8-3-2-4-9-20)25-13-15-28-16-14-25)24-22(27)17-26-12-11-19-7-5-6-10-21(19)26/h2-10,18,23H,11-17H2,1H3,(H,24,27)/t18-,23-/m1/s1. The van der Waals surface area contributed by atoms with Crippen molar-refractivity contribution in [2.24, 2.45) is 0 Å². The fourth-order valence-corrected chi connectivity index (χ4v) is 4.44. The Morgan fingerprint density at radius 1 is 1.04 bits per heavy atom. The summed E-state index contributed by atoms with van der Waals surface area (Å²) in [6, 6.07) is 19.0. The van der Waals surface area contributed by atoms with E-state index in [9.17, 15) is 4.79 Å². The lowest BCUT2D eigenvalue weighted by Crippen LogP contribution is -2.50. The highest BCUT2D eigenvalue weighted by molar-refractivity contribution is 5.82. The number of para-hydroxylation sites is 1. The van der Waals surface area contributed by atoms with Crippen molar-refractivity contribution in [3.63, 3.8) is 0 Å². The number of nitrogens with zero attached hydrogens (tertiary/aromatic N) is 2. The molecule has 1 saturated heterocycles. The predicted octanol–water partition coefficient (Wildman–Crippen LogP) is 2.63. The number of carbonyl (C=O) groups is 1. The molecular weight excluding hydrogens is 350 g/mol. The summed E-state index contributed by atoms with van der Waals surface area (Å²) < 4.78 is 5.53. The van der Waals surface area contributed by atoms with Crippen LogP contribution >= 0.6 is 0 Å². The van der Waals surface area contributed by atoms with Crippen molar-refractivity contribution >= 4 is 11.6 Å². The van der Waals surface area contributed by atoms with Crippen molar-refractivity contribution in [1.29, 1.82) is 0 Å². The zero-order valence-electron chi connectivity index (χ0n) is 16.5. The largest absolute Gasteiger partial charge is 0.379 e. The van der Waals surface area contributed by atoms with Crippen molar-refractivity contribution < 1.29 is 9.53 Å². The van der Waals surface area contributed by atoms with Gasteiger partial charge in [0.1, 0.15) is 0 Å². The number of hydrogen-bond acceptors (Lipinski definition) is 4. The van der Waals surface area contributed by atoms with E-state index in [4.69, 9.17) is 4.74 Å². The third-order valence-corrected chi connectivity index (χ3v) is 5.76. The Kier molecular flexibility index (Phi) is 5.93. The van der Waals surface area contributed by atoms with Crippen LogP contribution in [0.25, 0.3) is 0 Å². The van der Waals surface area contributed by atoms with Gasteiger partial charge >= 0.3 is 0 Å². The quantitative estimate of drug-likeness (QED) is 0.838. The summed E-state index contributed by atoms with van der Waals surface area (Å²) in [6.07, 6.45) is 1.01. The highest BCUT2D eigenvalue weighted by Crippen LogP contribution is 2.28. The van der Waals surface area contributed by atoms with Crippen LogP contribution in [0.5, 0.6) is 0 Å². The van der Waals surface area contributed by atoms with Crippen molar-refractivity contribution in [2.45, 2.75) is 25.4 Å². The zero-order valence-corrected chi connectivity index (χ0v) is 16.5.